The molecule has 0 radical (unpaired) electrons. The average molecular weight is 263 g/mol. The zero-order valence-electron chi connectivity index (χ0n) is 10.8. The second-order valence-electron chi connectivity index (χ2n) is 4.71. The molecule has 1 fully saturated rings. The molecule has 1 aliphatic heterocycles. The van der Waals surface area contributed by atoms with Gasteiger partial charge in [0.25, 0.3) is 11.6 Å². The molecular weight excluding hydrogens is 246 g/mol. The molecule has 1 aromatic carbocycles. The van der Waals surface area contributed by atoms with E-state index in [1.807, 2.05) is 0 Å². The van der Waals surface area contributed by atoms with Gasteiger partial charge in [0, 0.05) is 29.8 Å². The van der Waals surface area contributed by atoms with E-state index in [-0.39, 0.29) is 11.6 Å². The maximum absolute atomic E-state index is 12.0. The summed E-state index contributed by atoms with van der Waals surface area (Å²) < 4.78 is 0. The molecule has 0 aliphatic carbocycles. The summed E-state index contributed by atoms with van der Waals surface area (Å²) in [7, 11) is 0. The van der Waals surface area contributed by atoms with Crippen LogP contribution in [0.2, 0.25) is 0 Å². The van der Waals surface area contributed by atoms with Crippen molar-refractivity contribution in [2.24, 2.45) is 0 Å². The Kier molecular flexibility index (Phi) is 4.11. The van der Waals surface area contributed by atoms with Crippen LogP contribution in [-0.2, 0) is 0 Å². The van der Waals surface area contributed by atoms with E-state index < -0.39 is 4.92 Å². The summed E-state index contributed by atoms with van der Waals surface area (Å²) in [5, 5.41) is 16.9. The van der Waals surface area contributed by atoms with Gasteiger partial charge in [0.2, 0.25) is 0 Å². The Bertz CT molecular complexity index is 496. The molecule has 1 amide bonds. The Hall–Kier alpha value is -1.95. The highest BCUT2D eigenvalue weighted by molar-refractivity contribution is 5.96. The summed E-state index contributed by atoms with van der Waals surface area (Å²) >= 11 is 0. The van der Waals surface area contributed by atoms with Crippen LogP contribution in [0.15, 0.2) is 18.2 Å². The SMILES string of the molecule is Cc1c(C(=O)NCC2CCCN2)cccc1[N+](=O)[O-]. The van der Waals surface area contributed by atoms with Crippen molar-refractivity contribution >= 4 is 11.6 Å². The van der Waals surface area contributed by atoms with Crippen LogP contribution < -0.4 is 10.6 Å². The highest BCUT2D eigenvalue weighted by Gasteiger charge is 2.19. The van der Waals surface area contributed by atoms with Gasteiger partial charge >= 0.3 is 0 Å². The summed E-state index contributed by atoms with van der Waals surface area (Å²) in [5.74, 6) is -0.255. The lowest BCUT2D eigenvalue weighted by Gasteiger charge is -2.12. The van der Waals surface area contributed by atoms with Gasteiger partial charge in [0.1, 0.15) is 0 Å². The van der Waals surface area contributed by atoms with E-state index in [0.717, 1.165) is 19.4 Å². The van der Waals surface area contributed by atoms with E-state index in [0.29, 0.717) is 23.7 Å². The molecule has 0 saturated carbocycles. The molecule has 0 spiro atoms. The number of hydrogen-bond donors (Lipinski definition) is 2. The van der Waals surface area contributed by atoms with Crippen LogP contribution in [-0.4, -0.2) is 30.0 Å². The first kappa shape index (κ1) is 13.5. The molecule has 0 bridgehead atoms. The molecular formula is C13H17N3O3. The Morgan fingerprint density at radius 1 is 1.58 bits per heavy atom. The van der Waals surface area contributed by atoms with E-state index in [1.165, 1.54) is 12.1 Å². The van der Waals surface area contributed by atoms with E-state index in [1.54, 1.807) is 13.0 Å². The highest BCUT2D eigenvalue weighted by Crippen LogP contribution is 2.20. The lowest BCUT2D eigenvalue weighted by molar-refractivity contribution is -0.385. The lowest BCUT2D eigenvalue weighted by Crippen LogP contribution is -2.37. The number of carbonyl (C=O) groups is 1. The third-order valence-electron chi connectivity index (χ3n) is 3.42. The van der Waals surface area contributed by atoms with Crippen molar-refractivity contribution in [3.8, 4) is 0 Å². The minimum Gasteiger partial charge on any atom is -0.350 e. The topological polar surface area (TPSA) is 84.3 Å². The van der Waals surface area contributed by atoms with Crippen molar-refractivity contribution in [3.05, 3.63) is 39.4 Å². The number of benzene rings is 1. The predicted molar refractivity (Wildman–Crippen MR) is 71.2 cm³/mol. The molecule has 102 valence electrons. The van der Waals surface area contributed by atoms with Crippen molar-refractivity contribution in [1.29, 1.82) is 0 Å². The molecule has 1 saturated heterocycles. The van der Waals surface area contributed by atoms with Gasteiger partial charge in [-0.05, 0) is 32.4 Å². The summed E-state index contributed by atoms with van der Waals surface area (Å²) in [4.78, 5) is 22.4. The number of hydrogen-bond acceptors (Lipinski definition) is 4. The van der Waals surface area contributed by atoms with Gasteiger partial charge in [-0.1, -0.05) is 6.07 Å². The van der Waals surface area contributed by atoms with Crippen molar-refractivity contribution in [3.63, 3.8) is 0 Å². The molecule has 1 aromatic rings. The Balaban J connectivity index is 2.06. The second-order valence-corrected chi connectivity index (χ2v) is 4.71. The summed E-state index contributed by atoms with van der Waals surface area (Å²) in [6, 6.07) is 4.86. The first-order chi connectivity index (χ1) is 9.09. The highest BCUT2D eigenvalue weighted by atomic mass is 16.6. The fourth-order valence-electron chi connectivity index (χ4n) is 2.31. The van der Waals surface area contributed by atoms with Gasteiger partial charge in [0.15, 0.2) is 0 Å². The minimum atomic E-state index is -0.468. The molecule has 1 aliphatic rings. The van der Waals surface area contributed by atoms with Gasteiger partial charge in [0.05, 0.1) is 4.92 Å². The standard InChI is InChI=1S/C13H17N3O3/c1-9-11(5-2-6-12(9)16(18)19)13(17)15-8-10-4-3-7-14-10/h2,5-6,10,14H,3-4,7-8H2,1H3,(H,15,17). The Morgan fingerprint density at radius 3 is 3.00 bits per heavy atom. The van der Waals surface area contributed by atoms with Crippen LogP contribution in [0.5, 0.6) is 0 Å². The van der Waals surface area contributed by atoms with Gasteiger partial charge < -0.3 is 10.6 Å². The number of rotatable bonds is 4. The maximum atomic E-state index is 12.0. The molecule has 1 atom stereocenters. The van der Waals surface area contributed by atoms with E-state index in [2.05, 4.69) is 10.6 Å². The quantitative estimate of drug-likeness (QED) is 0.635. The molecule has 1 unspecified atom stereocenters. The monoisotopic (exact) mass is 263 g/mol. The maximum Gasteiger partial charge on any atom is 0.273 e. The van der Waals surface area contributed by atoms with Crippen molar-refractivity contribution in [1.82, 2.24) is 10.6 Å². The lowest BCUT2D eigenvalue weighted by atomic mass is 10.1. The summed E-state index contributed by atoms with van der Waals surface area (Å²) in [6.45, 7) is 3.14. The van der Waals surface area contributed by atoms with Gasteiger partial charge in [-0.2, -0.15) is 0 Å². The largest absolute Gasteiger partial charge is 0.350 e. The number of amides is 1. The summed E-state index contributed by atoms with van der Waals surface area (Å²) in [5.41, 5.74) is 0.753. The molecule has 1 heterocycles. The Morgan fingerprint density at radius 2 is 2.37 bits per heavy atom. The fourth-order valence-corrected chi connectivity index (χ4v) is 2.31. The zero-order valence-corrected chi connectivity index (χ0v) is 10.8. The first-order valence-corrected chi connectivity index (χ1v) is 6.35. The smallest absolute Gasteiger partial charge is 0.273 e. The minimum absolute atomic E-state index is 0.0216. The third kappa shape index (κ3) is 3.08. The van der Waals surface area contributed by atoms with Crippen molar-refractivity contribution in [2.45, 2.75) is 25.8 Å². The second kappa shape index (κ2) is 5.79. The van der Waals surface area contributed by atoms with Crippen LogP contribution in [0.25, 0.3) is 0 Å². The predicted octanol–water partition coefficient (Wildman–Crippen LogP) is 1.39. The molecule has 19 heavy (non-hydrogen) atoms. The van der Waals surface area contributed by atoms with E-state index in [9.17, 15) is 14.9 Å². The van der Waals surface area contributed by atoms with Crippen LogP contribution >= 0.6 is 0 Å². The van der Waals surface area contributed by atoms with Crippen LogP contribution in [0, 0.1) is 17.0 Å². The molecule has 2 N–H and O–H groups in total. The number of nitrogens with zero attached hydrogens (tertiary/aromatic N) is 1. The third-order valence-corrected chi connectivity index (χ3v) is 3.42. The summed E-state index contributed by atoms with van der Waals surface area (Å²) in [6.07, 6.45) is 2.17. The van der Waals surface area contributed by atoms with E-state index >= 15 is 0 Å². The molecule has 2 rings (SSSR count). The number of carbonyl (C=O) groups excluding carboxylic acids is 1. The Labute approximate surface area is 111 Å². The van der Waals surface area contributed by atoms with Gasteiger partial charge in [-0.25, -0.2) is 0 Å². The first-order valence-electron chi connectivity index (χ1n) is 6.35. The molecule has 6 heteroatoms. The van der Waals surface area contributed by atoms with Crippen molar-refractivity contribution < 1.29 is 9.72 Å². The molecule has 0 aromatic heterocycles. The molecule has 6 nitrogen and oxygen atoms in total. The zero-order chi connectivity index (χ0) is 13.8. The van der Waals surface area contributed by atoms with Gasteiger partial charge in [-0.3, -0.25) is 14.9 Å². The normalized spacial score (nSPS) is 18.3. The fraction of sp³-hybridized carbons (Fsp3) is 0.462. The number of nitrogens with one attached hydrogen (secondary N) is 2. The van der Waals surface area contributed by atoms with Gasteiger partial charge in [-0.15, -0.1) is 0 Å². The van der Waals surface area contributed by atoms with Crippen LogP contribution in [0.1, 0.15) is 28.8 Å². The number of nitro groups is 1. The van der Waals surface area contributed by atoms with Crippen LogP contribution in [0.4, 0.5) is 5.69 Å². The number of nitro benzene ring substituents is 1. The average Bonchev–Trinajstić information content (AvgIpc) is 2.89. The van der Waals surface area contributed by atoms with Crippen LogP contribution in [0.3, 0.4) is 0 Å². The van der Waals surface area contributed by atoms with Crippen molar-refractivity contribution in [2.75, 3.05) is 13.1 Å². The van der Waals surface area contributed by atoms with E-state index in [4.69, 9.17) is 0 Å².